The van der Waals surface area contributed by atoms with Crippen molar-refractivity contribution < 1.29 is 22.0 Å². The Hall–Kier alpha value is -0.350. The van der Waals surface area contributed by atoms with Crippen molar-refractivity contribution in [2.45, 2.75) is 4.64 Å². The predicted octanol–water partition coefficient (Wildman–Crippen LogP) is 0.359. The van der Waals surface area contributed by atoms with Gasteiger partial charge in [-0.2, -0.15) is 0 Å². The van der Waals surface area contributed by atoms with Gasteiger partial charge in [0, 0.05) is 0 Å². The third-order valence-electron chi connectivity index (χ3n) is 0.768. The second kappa shape index (κ2) is 3.73. The molecule has 1 aliphatic rings. The van der Waals surface area contributed by atoms with E-state index >= 15 is 0 Å². The first-order valence-electron chi connectivity index (χ1n) is 2.61. The second-order valence-corrected chi connectivity index (χ2v) is 5.26. The van der Waals surface area contributed by atoms with E-state index in [1.54, 1.807) is 18.5 Å². The summed E-state index contributed by atoms with van der Waals surface area (Å²) >= 11 is -1.94. The van der Waals surface area contributed by atoms with Gasteiger partial charge in [0.2, 0.25) is 0 Å². The Morgan fingerprint density at radius 1 is 1.60 bits per heavy atom. The van der Waals surface area contributed by atoms with E-state index in [1.165, 1.54) is 0 Å². The number of rotatable bonds is 2. The molecule has 0 saturated carbocycles. The van der Waals surface area contributed by atoms with Gasteiger partial charge in [0.1, 0.15) is 0 Å². The average molecular weight is 321 g/mol. The van der Waals surface area contributed by atoms with Crippen molar-refractivity contribution in [1.82, 2.24) is 0 Å². The summed E-state index contributed by atoms with van der Waals surface area (Å²) < 4.78 is 10.6. The average Bonchev–Trinajstić information content (AvgIpc) is 2.38. The molecule has 0 atom stereocenters. The second-order valence-electron chi connectivity index (χ2n) is 1.47. The number of nitrogens with zero attached hydrogens (tertiary/aromatic N) is 2. The van der Waals surface area contributed by atoms with Gasteiger partial charge in [-0.05, 0) is 0 Å². The van der Waals surface area contributed by atoms with Crippen molar-refractivity contribution in [2.24, 2.45) is 9.98 Å². The Labute approximate surface area is 65.9 Å². The Balaban J connectivity index is 2.74. The summed E-state index contributed by atoms with van der Waals surface area (Å²) in [5, 5.41) is 0. The number of hydrogen-bond donors (Lipinski definition) is 1. The van der Waals surface area contributed by atoms with E-state index in [9.17, 15) is 3.61 Å². The SMILES string of the molecule is C=C[CH2][Au]([OH])=[C]1N=CC=N1. The molecule has 0 aromatic rings. The van der Waals surface area contributed by atoms with Crippen LogP contribution >= 0.6 is 0 Å². The monoisotopic (exact) mass is 321 g/mol. The van der Waals surface area contributed by atoms with Gasteiger partial charge in [-0.25, -0.2) is 0 Å². The van der Waals surface area contributed by atoms with Crippen LogP contribution in [0.3, 0.4) is 0 Å². The van der Waals surface area contributed by atoms with Crippen LogP contribution in [0.4, 0.5) is 0 Å². The summed E-state index contributed by atoms with van der Waals surface area (Å²) in [4.78, 5) is 7.78. The van der Waals surface area contributed by atoms with Gasteiger partial charge < -0.3 is 0 Å². The fourth-order valence-corrected chi connectivity index (χ4v) is 2.40. The standard InChI is InChI=1S/C3H2N2.C3H5.Au.H2O/c1-2-5-3-4-1;1-3-2;;/h1-2H;3H,1-2H2;;1H2/q;;+1;/p-1. The first-order chi connectivity index (χ1) is 4.84. The molecule has 0 amide bonds. The van der Waals surface area contributed by atoms with E-state index in [-0.39, 0.29) is 0 Å². The minimum atomic E-state index is -1.94. The van der Waals surface area contributed by atoms with Gasteiger partial charge in [0.05, 0.1) is 0 Å². The molecule has 0 radical (unpaired) electrons. The van der Waals surface area contributed by atoms with Gasteiger partial charge >= 0.3 is 65.7 Å². The van der Waals surface area contributed by atoms with Crippen LogP contribution in [0.25, 0.3) is 0 Å². The predicted molar refractivity (Wildman–Crippen MR) is 39.2 cm³/mol. The topological polar surface area (TPSA) is 45.0 Å². The first-order valence-corrected chi connectivity index (χ1v) is 6.20. The molecule has 0 unspecified atom stereocenters. The summed E-state index contributed by atoms with van der Waals surface area (Å²) in [6, 6.07) is 0. The fourth-order valence-electron chi connectivity index (χ4n) is 0.439. The molecule has 1 heterocycles. The molecule has 1 rings (SSSR count). The quantitative estimate of drug-likeness (QED) is 0.579. The van der Waals surface area contributed by atoms with Gasteiger partial charge in [-0.1, -0.05) is 0 Å². The molecule has 0 aromatic heterocycles. The van der Waals surface area contributed by atoms with Crippen LogP contribution in [0.1, 0.15) is 0 Å². The summed E-state index contributed by atoms with van der Waals surface area (Å²) in [6.07, 6.45) is 4.89. The minimum absolute atomic E-state index is 0.620. The van der Waals surface area contributed by atoms with Crippen LogP contribution in [0.15, 0.2) is 22.6 Å². The van der Waals surface area contributed by atoms with Crippen molar-refractivity contribution in [3.05, 3.63) is 12.7 Å². The van der Waals surface area contributed by atoms with E-state index in [0.29, 0.717) is 8.61 Å². The summed E-state index contributed by atoms with van der Waals surface area (Å²) in [5.74, 6) is 0. The normalized spacial score (nSPS) is 16.1. The molecule has 0 aliphatic carbocycles. The van der Waals surface area contributed by atoms with Crippen molar-refractivity contribution in [1.29, 1.82) is 0 Å². The zero-order valence-corrected chi connectivity index (χ0v) is 7.46. The molecular weight excluding hydrogens is 313 g/mol. The Bertz CT molecular complexity index is 216. The molecule has 0 bridgehead atoms. The molecule has 59 valence electrons. The third-order valence-corrected chi connectivity index (χ3v) is 3.91. The Morgan fingerprint density at radius 3 is 2.70 bits per heavy atom. The fraction of sp³-hybridized carbons (Fsp3) is 0.167. The van der Waals surface area contributed by atoms with Gasteiger partial charge in [-0.3, -0.25) is 0 Å². The summed E-state index contributed by atoms with van der Waals surface area (Å²) in [5.41, 5.74) is 0. The van der Waals surface area contributed by atoms with Crippen molar-refractivity contribution in [2.75, 3.05) is 0 Å². The van der Waals surface area contributed by atoms with Crippen LogP contribution in [0, 0.1) is 0 Å². The molecule has 0 spiro atoms. The zero-order valence-electron chi connectivity index (χ0n) is 5.29. The molecule has 1 aliphatic heterocycles. The van der Waals surface area contributed by atoms with E-state index in [0.717, 1.165) is 0 Å². The van der Waals surface area contributed by atoms with Crippen LogP contribution in [0.2, 0.25) is 4.64 Å². The van der Waals surface area contributed by atoms with Gasteiger partial charge in [-0.15, -0.1) is 0 Å². The number of hydrogen-bond acceptors (Lipinski definition) is 3. The van der Waals surface area contributed by atoms with E-state index < -0.39 is 18.4 Å². The molecule has 4 heteroatoms. The van der Waals surface area contributed by atoms with E-state index in [2.05, 4.69) is 16.6 Å². The maximum atomic E-state index is 9.36. The van der Waals surface area contributed by atoms with Gasteiger partial charge in [0.15, 0.2) is 0 Å². The molecule has 3 nitrogen and oxygen atoms in total. The first kappa shape index (κ1) is 7.75. The molecule has 10 heavy (non-hydrogen) atoms. The van der Waals surface area contributed by atoms with Crippen LogP contribution in [-0.4, -0.2) is 20.0 Å². The summed E-state index contributed by atoms with van der Waals surface area (Å²) in [7, 11) is 0. The number of allylic oxidation sites excluding steroid dienone is 1. The van der Waals surface area contributed by atoms with Crippen molar-refractivity contribution >= 4 is 16.4 Å². The van der Waals surface area contributed by atoms with Gasteiger partial charge in [0.25, 0.3) is 0 Å². The molecular formula is C6H8AuN2O. The maximum absolute atomic E-state index is 9.36. The van der Waals surface area contributed by atoms with Crippen LogP contribution in [0.5, 0.6) is 0 Å². The number of aliphatic imine (C=N–C) groups is 2. The molecule has 0 saturated heterocycles. The third kappa shape index (κ3) is 1.82. The summed E-state index contributed by atoms with van der Waals surface area (Å²) in [6.45, 7) is 3.53. The van der Waals surface area contributed by atoms with Crippen LogP contribution in [-0.2, 0) is 18.4 Å². The molecule has 0 fully saturated rings. The molecule has 1 N–H and O–H groups in total. The zero-order chi connectivity index (χ0) is 7.40. The van der Waals surface area contributed by atoms with E-state index in [1.807, 2.05) is 0 Å². The Kier molecular flexibility index (Phi) is 2.89. The van der Waals surface area contributed by atoms with E-state index in [4.69, 9.17) is 0 Å². The van der Waals surface area contributed by atoms with Crippen molar-refractivity contribution in [3.8, 4) is 0 Å². The van der Waals surface area contributed by atoms with Crippen molar-refractivity contribution in [3.63, 3.8) is 0 Å². The van der Waals surface area contributed by atoms with Crippen LogP contribution < -0.4 is 0 Å². The molecule has 0 aromatic carbocycles. The Morgan fingerprint density at radius 2 is 2.20 bits per heavy atom.